The first-order valence-corrected chi connectivity index (χ1v) is 13.8. The summed E-state index contributed by atoms with van der Waals surface area (Å²) in [5.41, 5.74) is 6.13. The van der Waals surface area contributed by atoms with E-state index in [1.165, 1.54) is 22.3 Å². The van der Waals surface area contributed by atoms with Gasteiger partial charge >= 0.3 is 5.97 Å². The molecule has 3 rings (SSSR count). The molecule has 1 aliphatic heterocycles. The highest BCUT2D eigenvalue weighted by Crippen LogP contribution is 2.24. The Morgan fingerprint density at radius 2 is 1.90 bits per heavy atom. The summed E-state index contributed by atoms with van der Waals surface area (Å²) in [5, 5.41) is 23.8. The number of carbonyl (C=O) groups excluding carboxylic acids is 3. The number of nitrogens with one attached hydrogen (secondary N) is 3. The number of carbonyl (C=O) groups is 4. The summed E-state index contributed by atoms with van der Waals surface area (Å²) < 4.78 is 5.48. The Bertz CT molecular complexity index is 1170. The zero-order chi connectivity index (χ0) is 28.9. The molecule has 212 valence electrons. The van der Waals surface area contributed by atoms with E-state index in [-0.39, 0.29) is 67.0 Å². The molecule has 2 atom stereocenters. The number of amidine groups is 1. The SMILES string of the molecule is CC.CC1CCC(C(=O)NCc2cc(C(=N)N)cs2)N1C(=O)CNC(=O)CCCOc1ccccc1C(=O)O. The first-order chi connectivity index (χ1) is 18.7. The highest BCUT2D eigenvalue weighted by atomic mass is 32.1. The van der Waals surface area contributed by atoms with E-state index >= 15 is 0 Å². The molecule has 0 aliphatic carbocycles. The van der Waals surface area contributed by atoms with Crippen molar-refractivity contribution in [1.82, 2.24) is 15.5 Å². The van der Waals surface area contributed by atoms with Gasteiger partial charge in [-0.25, -0.2) is 4.79 Å². The van der Waals surface area contributed by atoms with Crippen molar-refractivity contribution in [3.63, 3.8) is 0 Å². The second kappa shape index (κ2) is 15.5. The number of amides is 3. The average Bonchev–Trinajstić information content (AvgIpc) is 3.56. The lowest BCUT2D eigenvalue weighted by Gasteiger charge is -2.28. The lowest BCUT2D eigenvalue weighted by molar-refractivity contribution is -0.140. The quantitative estimate of drug-likeness (QED) is 0.151. The molecule has 0 spiro atoms. The van der Waals surface area contributed by atoms with Gasteiger partial charge in [0.2, 0.25) is 17.7 Å². The van der Waals surface area contributed by atoms with Crippen LogP contribution >= 0.6 is 11.3 Å². The summed E-state index contributed by atoms with van der Waals surface area (Å²) >= 11 is 1.39. The van der Waals surface area contributed by atoms with Crippen molar-refractivity contribution in [2.75, 3.05) is 13.2 Å². The topological polar surface area (TPSA) is 175 Å². The molecule has 11 nitrogen and oxygen atoms in total. The van der Waals surface area contributed by atoms with Crippen molar-refractivity contribution in [2.24, 2.45) is 5.73 Å². The Hall–Kier alpha value is -3.93. The molecule has 1 saturated heterocycles. The minimum atomic E-state index is -1.09. The molecular formula is C27H37N5O6S. The van der Waals surface area contributed by atoms with E-state index in [1.807, 2.05) is 20.8 Å². The Kier molecular flexibility index (Phi) is 12.4. The number of hydrogen-bond donors (Lipinski definition) is 5. The van der Waals surface area contributed by atoms with Crippen molar-refractivity contribution in [3.05, 3.63) is 51.7 Å². The van der Waals surface area contributed by atoms with E-state index in [2.05, 4.69) is 10.6 Å². The van der Waals surface area contributed by atoms with Gasteiger partial charge in [-0.1, -0.05) is 26.0 Å². The van der Waals surface area contributed by atoms with Gasteiger partial charge < -0.3 is 31.1 Å². The third-order valence-corrected chi connectivity index (χ3v) is 6.96. The minimum Gasteiger partial charge on any atom is -0.493 e. The molecule has 2 unspecified atom stereocenters. The van der Waals surface area contributed by atoms with Crippen LogP contribution < -0.4 is 21.1 Å². The number of rotatable bonds is 12. The van der Waals surface area contributed by atoms with Gasteiger partial charge in [-0.05, 0) is 44.4 Å². The largest absolute Gasteiger partial charge is 0.493 e. The molecule has 1 aromatic heterocycles. The van der Waals surface area contributed by atoms with Crippen LogP contribution in [0.1, 0.15) is 67.3 Å². The maximum atomic E-state index is 12.9. The van der Waals surface area contributed by atoms with Crippen LogP contribution in [0.25, 0.3) is 0 Å². The molecule has 1 aliphatic rings. The van der Waals surface area contributed by atoms with Gasteiger partial charge in [0.25, 0.3) is 0 Å². The standard InChI is InChI=1S/C25H31N5O6S.C2H6/c1-15-8-9-19(24(33)29-12-17-11-16(14-37-17)23(26)27)30(15)22(32)13-28-21(31)7-4-10-36-20-6-3-2-5-18(20)25(34)35;1-2/h2-3,5-6,11,14-15,19H,4,7-10,12-13H2,1H3,(H3,26,27)(H,28,31)(H,29,33)(H,34,35);1-2H3. The lowest BCUT2D eigenvalue weighted by atomic mass is 10.2. The predicted molar refractivity (Wildman–Crippen MR) is 149 cm³/mol. The van der Waals surface area contributed by atoms with E-state index in [1.54, 1.807) is 29.6 Å². The third kappa shape index (κ3) is 9.10. The fourth-order valence-corrected chi connectivity index (χ4v) is 4.93. The van der Waals surface area contributed by atoms with Gasteiger partial charge in [0, 0.05) is 28.3 Å². The molecule has 12 heteroatoms. The maximum Gasteiger partial charge on any atom is 0.339 e. The number of nitrogen functional groups attached to an aromatic ring is 1. The van der Waals surface area contributed by atoms with Crippen LogP contribution in [0.15, 0.2) is 35.7 Å². The molecule has 3 amide bonds. The van der Waals surface area contributed by atoms with E-state index in [0.29, 0.717) is 24.8 Å². The number of likely N-dealkylation sites (tertiary alicyclic amines) is 1. The number of carboxylic acids is 1. The Morgan fingerprint density at radius 3 is 2.56 bits per heavy atom. The van der Waals surface area contributed by atoms with Crippen molar-refractivity contribution >= 4 is 40.9 Å². The molecule has 39 heavy (non-hydrogen) atoms. The Labute approximate surface area is 232 Å². The first kappa shape index (κ1) is 31.3. The lowest BCUT2D eigenvalue weighted by Crippen LogP contribution is -2.51. The summed E-state index contributed by atoms with van der Waals surface area (Å²) in [4.78, 5) is 51.5. The summed E-state index contributed by atoms with van der Waals surface area (Å²) in [6, 6.07) is 7.26. The predicted octanol–water partition coefficient (Wildman–Crippen LogP) is 2.73. The van der Waals surface area contributed by atoms with Crippen molar-refractivity contribution in [1.29, 1.82) is 5.41 Å². The van der Waals surface area contributed by atoms with Crippen molar-refractivity contribution < 1.29 is 29.0 Å². The molecule has 1 fully saturated rings. The van der Waals surface area contributed by atoms with Crippen LogP contribution in [0.5, 0.6) is 5.75 Å². The molecular weight excluding hydrogens is 522 g/mol. The Morgan fingerprint density at radius 1 is 1.18 bits per heavy atom. The van der Waals surface area contributed by atoms with E-state index in [9.17, 15) is 24.3 Å². The van der Waals surface area contributed by atoms with Crippen molar-refractivity contribution in [3.8, 4) is 5.75 Å². The van der Waals surface area contributed by atoms with E-state index < -0.39 is 12.0 Å². The van der Waals surface area contributed by atoms with Gasteiger partial charge in [-0.15, -0.1) is 11.3 Å². The zero-order valence-electron chi connectivity index (χ0n) is 22.5. The maximum absolute atomic E-state index is 12.9. The summed E-state index contributed by atoms with van der Waals surface area (Å²) in [5.74, 6) is -1.83. The zero-order valence-corrected chi connectivity index (χ0v) is 23.3. The highest BCUT2D eigenvalue weighted by molar-refractivity contribution is 7.10. The number of para-hydroxylation sites is 1. The molecule has 0 bridgehead atoms. The van der Waals surface area contributed by atoms with Gasteiger partial charge in [-0.2, -0.15) is 0 Å². The van der Waals surface area contributed by atoms with Crippen LogP contribution in [0.3, 0.4) is 0 Å². The van der Waals surface area contributed by atoms with Crippen LogP contribution in [0.4, 0.5) is 0 Å². The number of ether oxygens (including phenoxy) is 1. The summed E-state index contributed by atoms with van der Waals surface area (Å²) in [6.45, 7) is 6.08. The molecule has 6 N–H and O–H groups in total. The summed E-state index contributed by atoms with van der Waals surface area (Å²) in [7, 11) is 0. The van der Waals surface area contributed by atoms with Gasteiger partial charge in [0.1, 0.15) is 23.2 Å². The first-order valence-electron chi connectivity index (χ1n) is 12.9. The molecule has 0 saturated carbocycles. The fourth-order valence-electron chi connectivity index (χ4n) is 4.11. The van der Waals surface area contributed by atoms with E-state index in [4.69, 9.17) is 15.9 Å². The number of benzene rings is 1. The van der Waals surface area contributed by atoms with Crippen LogP contribution in [0.2, 0.25) is 0 Å². The van der Waals surface area contributed by atoms with Crippen LogP contribution in [0, 0.1) is 5.41 Å². The van der Waals surface area contributed by atoms with Crippen molar-refractivity contribution in [2.45, 2.75) is 65.1 Å². The molecule has 1 aromatic carbocycles. The average molecular weight is 560 g/mol. The molecule has 2 heterocycles. The smallest absolute Gasteiger partial charge is 0.339 e. The normalized spacial score (nSPS) is 16.0. The van der Waals surface area contributed by atoms with Gasteiger partial charge in [0.05, 0.1) is 19.7 Å². The number of nitrogens with two attached hydrogens (primary N) is 1. The Balaban J connectivity index is 0.00000260. The number of hydrogen-bond acceptors (Lipinski definition) is 7. The number of nitrogens with zero attached hydrogens (tertiary/aromatic N) is 1. The molecule has 0 radical (unpaired) electrons. The molecule has 2 aromatic rings. The number of carboxylic acid groups (broad SMARTS) is 1. The van der Waals surface area contributed by atoms with Gasteiger partial charge in [0.15, 0.2) is 0 Å². The highest BCUT2D eigenvalue weighted by Gasteiger charge is 2.38. The van der Waals surface area contributed by atoms with Gasteiger partial charge in [-0.3, -0.25) is 19.8 Å². The monoisotopic (exact) mass is 559 g/mol. The second-order valence-electron chi connectivity index (χ2n) is 8.71. The number of thiophene rings is 1. The summed E-state index contributed by atoms with van der Waals surface area (Å²) in [6.07, 6.45) is 1.66. The van der Waals surface area contributed by atoms with Crippen LogP contribution in [-0.4, -0.2) is 64.8 Å². The van der Waals surface area contributed by atoms with Crippen LogP contribution in [-0.2, 0) is 20.9 Å². The second-order valence-corrected chi connectivity index (χ2v) is 9.70. The minimum absolute atomic E-state index is 0.0340. The third-order valence-electron chi connectivity index (χ3n) is 6.02. The number of aromatic carboxylic acids is 1. The van der Waals surface area contributed by atoms with E-state index in [0.717, 1.165) is 4.88 Å². The fraction of sp³-hybridized carbons (Fsp3) is 0.444.